The van der Waals surface area contributed by atoms with E-state index >= 15 is 0 Å². The van der Waals surface area contributed by atoms with Crippen LogP contribution in [0.3, 0.4) is 0 Å². The van der Waals surface area contributed by atoms with Gasteiger partial charge in [-0.2, -0.15) is 0 Å². The third-order valence-electron chi connectivity index (χ3n) is 5.29. The molecule has 0 saturated carbocycles. The molecule has 136 valence electrons. The van der Waals surface area contributed by atoms with Gasteiger partial charge in [0.1, 0.15) is 0 Å². The number of rotatable bonds is 4. The molecule has 0 saturated heterocycles. The van der Waals surface area contributed by atoms with Crippen LogP contribution in [0.2, 0.25) is 0 Å². The summed E-state index contributed by atoms with van der Waals surface area (Å²) in [6, 6.07) is 38.8. The van der Waals surface area contributed by atoms with Gasteiger partial charge in [-0.1, -0.05) is 84.9 Å². The average molecular weight is 362 g/mol. The highest BCUT2D eigenvalue weighted by Crippen LogP contribution is 2.48. The van der Waals surface area contributed by atoms with Crippen molar-refractivity contribution in [2.45, 2.75) is 13.1 Å². The molecular weight excluding hydrogens is 340 g/mol. The van der Waals surface area contributed by atoms with Crippen molar-refractivity contribution in [1.29, 1.82) is 0 Å². The third-order valence-corrected chi connectivity index (χ3v) is 5.29. The van der Waals surface area contributed by atoms with Gasteiger partial charge >= 0.3 is 0 Å². The Kier molecular flexibility index (Phi) is 4.30. The zero-order valence-corrected chi connectivity index (χ0v) is 15.7. The Morgan fingerprint density at radius 1 is 0.357 bits per heavy atom. The van der Waals surface area contributed by atoms with E-state index in [2.05, 4.69) is 119 Å². The normalized spacial score (nSPS) is 12.4. The van der Waals surface area contributed by atoms with Gasteiger partial charge in [-0.25, -0.2) is 0 Å². The quantitative estimate of drug-likeness (QED) is 0.400. The van der Waals surface area contributed by atoms with Gasteiger partial charge in [-0.15, -0.1) is 0 Å². The Labute approximate surface area is 166 Å². The Hall–Kier alpha value is -3.52. The number of hydrogen-bond acceptors (Lipinski definition) is 2. The lowest BCUT2D eigenvalue weighted by Gasteiger charge is -2.40. The van der Waals surface area contributed by atoms with E-state index in [1.54, 1.807) is 0 Å². The number of para-hydroxylation sites is 4. The smallest absolute Gasteiger partial charge is 0.0655 e. The minimum atomic E-state index is 0.855. The summed E-state index contributed by atoms with van der Waals surface area (Å²) >= 11 is 0. The topological polar surface area (TPSA) is 6.48 Å². The SMILES string of the molecule is c1ccc(CN2c3ccccc3N(Cc3ccccc3)c3ccccc32)cc1. The van der Waals surface area contributed by atoms with Gasteiger partial charge < -0.3 is 9.80 Å². The van der Waals surface area contributed by atoms with E-state index in [9.17, 15) is 0 Å². The van der Waals surface area contributed by atoms with Crippen LogP contribution in [0.1, 0.15) is 11.1 Å². The first-order chi connectivity index (χ1) is 13.9. The molecule has 1 aliphatic heterocycles. The summed E-state index contributed by atoms with van der Waals surface area (Å²) in [6.07, 6.45) is 0. The third kappa shape index (κ3) is 3.03. The van der Waals surface area contributed by atoms with Crippen LogP contribution in [0.5, 0.6) is 0 Å². The molecule has 2 heteroatoms. The van der Waals surface area contributed by atoms with Gasteiger partial charge in [-0.3, -0.25) is 0 Å². The van der Waals surface area contributed by atoms with Gasteiger partial charge in [0.25, 0.3) is 0 Å². The molecule has 0 bridgehead atoms. The molecule has 0 aromatic heterocycles. The fourth-order valence-corrected chi connectivity index (χ4v) is 3.97. The lowest BCUT2D eigenvalue weighted by molar-refractivity contribution is 0.903. The zero-order valence-electron chi connectivity index (χ0n) is 15.7. The number of anilines is 4. The number of nitrogens with zero attached hydrogens (tertiary/aromatic N) is 2. The van der Waals surface area contributed by atoms with Crippen LogP contribution >= 0.6 is 0 Å². The maximum Gasteiger partial charge on any atom is 0.0655 e. The molecule has 2 nitrogen and oxygen atoms in total. The zero-order chi connectivity index (χ0) is 18.8. The lowest BCUT2D eigenvalue weighted by Crippen LogP contribution is -2.29. The maximum atomic E-state index is 2.43. The molecule has 0 atom stereocenters. The Bertz CT molecular complexity index is 939. The summed E-state index contributed by atoms with van der Waals surface area (Å²) in [7, 11) is 0. The van der Waals surface area contributed by atoms with Crippen molar-refractivity contribution < 1.29 is 0 Å². The molecule has 0 amide bonds. The van der Waals surface area contributed by atoms with E-state index in [-0.39, 0.29) is 0 Å². The summed E-state index contributed by atoms with van der Waals surface area (Å²) in [5.74, 6) is 0. The fourth-order valence-electron chi connectivity index (χ4n) is 3.97. The molecule has 0 spiro atoms. The van der Waals surface area contributed by atoms with Crippen LogP contribution in [0.25, 0.3) is 0 Å². The molecule has 0 aliphatic carbocycles. The molecule has 0 N–H and O–H groups in total. The minimum Gasteiger partial charge on any atom is -0.334 e. The maximum absolute atomic E-state index is 2.43. The average Bonchev–Trinajstić information content (AvgIpc) is 2.77. The summed E-state index contributed by atoms with van der Waals surface area (Å²) in [6.45, 7) is 1.71. The Morgan fingerprint density at radius 3 is 0.964 bits per heavy atom. The highest BCUT2D eigenvalue weighted by molar-refractivity contribution is 5.93. The van der Waals surface area contributed by atoms with E-state index < -0.39 is 0 Å². The van der Waals surface area contributed by atoms with Crippen LogP contribution in [-0.4, -0.2) is 0 Å². The summed E-state index contributed by atoms with van der Waals surface area (Å²) in [5.41, 5.74) is 7.62. The first kappa shape index (κ1) is 16.6. The first-order valence-electron chi connectivity index (χ1n) is 9.71. The van der Waals surface area contributed by atoms with Crippen molar-refractivity contribution >= 4 is 22.7 Å². The van der Waals surface area contributed by atoms with Crippen molar-refractivity contribution in [1.82, 2.24) is 0 Å². The standard InChI is InChI=1S/C26H22N2/c1-3-11-21(12-4-1)19-27-23-15-7-9-17-25(23)28(20-22-13-5-2-6-14-22)26-18-10-8-16-24(26)27/h1-18H,19-20H2. The van der Waals surface area contributed by atoms with E-state index in [1.807, 2.05) is 0 Å². The van der Waals surface area contributed by atoms with Gasteiger partial charge in [0.15, 0.2) is 0 Å². The van der Waals surface area contributed by atoms with Crippen molar-refractivity contribution in [3.05, 3.63) is 120 Å². The number of fused-ring (bicyclic) bond motifs is 2. The number of benzene rings is 4. The van der Waals surface area contributed by atoms with Crippen molar-refractivity contribution in [2.75, 3.05) is 9.80 Å². The molecule has 1 aliphatic rings. The van der Waals surface area contributed by atoms with Gasteiger partial charge in [0.2, 0.25) is 0 Å². The van der Waals surface area contributed by atoms with E-state index in [0.717, 1.165) is 13.1 Å². The van der Waals surface area contributed by atoms with E-state index in [0.29, 0.717) is 0 Å². The molecule has 1 heterocycles. The van der Waals surface area contributed by atoms with Crippen molar-refractivity contribution in [3.8, 4) is 0 Å². The van der Waals surface area contributed by atoms with Gasteiger partial charge in [-0.05, 0) is 35.4 Å². The monoisotopic (exact) mass is 362 g/mol. The van der Waals surface area contributed by atoms with Crippen LogP contribution in [0.4, 0.5) is 22.7 Å². The predicted octanol–water partition coefficient (Wildman–Crippen LogP) is 6.68. The second-order valence-corrected chi connectivity index (χ2v) is 7.12. The highest BCUT2D eigenvalue weighted by Gasteiger charge is 2.27. The van der Waals surface area contributed by atoms with Crippen LogP contribution in [0.15, 0.2) is 109 Å². The molecule has 0 radical (unpaired) electrons. The molecule has 5 rings (SSSR count). The molecular formula is C26H22N2. The Balaban J connectivity index is 1.62. The summed E-state index contributed by atoms with van der Waals surface area (Å²) in [5, 5.41) is 0. The van der Waals surface area contributed by atoms with Crippen LogP contribution in [0, 0.1) is 0 Å². The molecule has 4 aromatic rings. The van der Waals surface area contributed by atoms with E-state index in [4.69, 9.17) is 0 Å². The second-order valence-electron chi connectivity index (χ2n) is 7.12. The van der Waals surface area contributed by atoms with Gasteiger partial charge in [0.05, 0.1) is 22.7 Å². The predicted molar refractivity (Wildman–Crippen MR) is 117 cm³/mol. The summed E-state index contributed by atoms with van der Waals surface area (Å²) in [4.78, 5) is 4.86. The second kappa shape index (κ2) is 7.24. The van der Waals surface area contributed by atoms with Crippen LogP contribution in [-0.2, 0) is 13.1 Å². The molecule has 0 fully saturated rings. The largest absolute Gasteiger partial charge is 0.334 e. The van der Waals surface area contributed by atoms with E-state index in [1.165, 1.54) is 33.9 Å². The Morgan fingerprint density at radius 2 is 0.643 bits per heavy atom. The molecule has 28 heavy (non-hydrogen) atoms. The summed E-state index contributed by atoms with van der Waals surface area (Å²) < 4.78 is 0. The van der Waals surface area contributed by atoms with Gasteiger partial charge in [0, 0.05) is 13.1 Å². The fraction of sp³-hybridized carbons (Fsp3) is 0.0769. The van der Waals surface area contributed by atoms with Crippen molar-refractivity contribution in [3.63, 3.8) is 0 Å². The minimum absolute atomic E-state index is 0.855. The number of hydrogen-bond donors (Lipinski definition) is 0. The molecule has 0 unspecified atom stereocenters. The highest BCUT2D eigenvalue weighted by atomic mass is 15.3. The first-order valence-corrected chi connectivity index (χ1v) is 9.71. The van der Waals surface area contributed by atoms with Crippen molar-refractivity contribution in [2.24, 2.45) is 0 Å². The lowest BCUT2D eigenvalue weighted by atomic mass is 10.0. The van der Waals surface area contributed by atoms with Crippen LogP contribution < -0.4 is 9.80 Å². The molecule has 4 aromatic carbocycles.